The second-order valence-corrected chi connectivity index (χ2v) is 37.5. The molecule has 18 unspecified atom stereocenters. The average molecular weight is 2030 g/mol. The summed E-state index contributed by atoms with van der Waals surface area (Å²) in [7, 11) is 6.72. The summed E-state index contributed by atoms with van der Waals surface area (Å²) in [5.41, 5.74) is -8.48. The maximum Gasteiger partial charge on any atom is 0.161 e. The fourth-order valence-electron chi connectivity index (χ4n) is 19.0. The van der Waals surface area contributed by atoms with Crippen LogP contribution in [0.1, 0.15) is 374 Å². The molecule has 24 nitrogen and oxygen atoms in total. The lowest BCUT2D eigenvalue weighted by atomic mass is 9.75. The van der Waals surface area contributed by atoms with E-state index in [0.717, 1.165) is 12.0 Å². The molecule has 786 valence electrons. The minimum absolute atomic E-state index is 0.000907. The lowest BCUT2D eigenvalue weighted by molar-refractivity contribution is -0.0259. The molecule has 0 aromatic heterocycles. The Morgan fingerprint density at radius 1 is 0.284 bits per heavy atom. The Balaban J connectivity index is 0.000000199. The van der Waals surface area contributed by atoms with Gasteiger partial charge < -0.3 is 87.5 Å². The summed E-state index contributed by atoms with van der Waals surface area (Å²) in [6.07, 6.45) is -47.0. The highest BCUT2D eigenvalue weighted by Crippen LogP contribution is 2.53. The Hall–Kier alpha value is -7.56. The van der Waals surface area contributed by atoms with Gasteiger partial charge in [-0.1, -0.05) is 103 Å². The molecule has 6 saturated heterocycles. The van der Waals surface area contributed by atoms with Gasteiger partial charge in [-0.15, -0.1) is 0 Å². The number of benzene rings is 6. The summed E-state index contributed by atoms with van der Waals surface area (Å²) in [6, 6.07) is -11.9. The summed E-state index contributed by atoms with van der Waals surface area (Å²) in [5, 5.41) is 67.4. The number of piperidine rings is 6. The number of methoxy groups -OCH3 is 12. The molecule has 6 aromatic carbocycles. The number of rotatable bonds is 21. The lowest BCUT2D eigenvalue weighted by Gasteiger charge is -2.47. The number of hydrogen-bond donors (Lipinski definition) is 6. The first kappa shape index (κ1) is 52.4. The van der Waals surface area contributed by atoms with Gasteiger partial charge in [0.1, 0.15) is 0 Å². The van der Waals surface area contributed by atoms with Crippen LogP contribution in [0.25, 0.3) is 0 Å². The fourth-order valence-corrected chi connectivity index (χ4v) is 19.0. The number of hydrogen-bond acceptors (Lipinski definition) is 24. The van der Waals surface area contributed by atoms with E-state index in [4.69, 9.17) is 147 Å². The first-order valence-electron chi connectivity index (χ1n) is 79.6. The van der Waals surface area contributed by atoms with Crippen LogP contribution < -0.4 is 56.8 Å². The smallest absolute Gasteiger partial charge is 0.161 e. The zero-order valence-corrected chi connectivity index (χ0v) is 83.3. The van der Waals surface area contributed by atoms with Crippen molar-refractivity contribution >= 4 is 0 Å². The van der Waals surface area contributed by atoms with Crippen LogP contribution in [0, 0.1) is 69.4 Å². The van der Waals surface area contributed by atoms with Crippen molar-refractivity contribution in [2.24, 2.45) is 69.4 Å². The van der Waals surface area contributed by atoms with Gasteiger partial charge in [0.05, 0.1) is 155 Å². The zero-order chi connectivity index (χ0) is 160. The zero-order valence-electron chi connectivity index (χ0n) is 149. The van der Waals surface area contributed by atoms with Crippen LogP contribution in [-0.4, -0.2) is 260 Å². The van der Waals surface area contributed by atoms with E-state index in [2.05, 4.69) is 0 Å². The van der Waals surface area contributed by atoms with Crippen LogP contribution in [0.5, 0.6) is 69.0 Å². The third-order valence-corrected chi connectivity index (χ3v) is 25.2. The summed E-state index contributed by atoms with van der Waals surface area (Å²) in [6.45, 7) is -11.0. The van der Waals surface area contributed by atoms with E-state index in [1.165, 1.54) is 73.8 Å². The maximum atomic E-state index is 11.4. The first-order valence-corrected chi connectivity index (χ1v) is 46.6. The molecule has 0 saturated carbocycles. The Kier molecular flexibility index (Phi) is 18.0. The Labute approximate surface area is 939 Å². The molecule has 0 amide bonds. The molecule has 141 heavy (non-hydrogen) atoms. The third-order valence-electron chi connectivity index (χ3n) is 25.2. The Morgan fingerprint density at radius 3 is 0.596 bits per heavy atom. The van der Waals surface area contributed by atoms with Crippen molar-refractivity contribution in [2.75, 3.05) is 164 Å². The molecule has 6 N–H and O–H groups in total. The van der Waals surface area contributed by atoms with Crippen LogP contribution in [0.2, 0.25) is 0 Å². The minimum Gasteiger partial charge on any atom is -0.493 e. The van der Waals surface area contributed by atoms with Gasteiger partial charge in [0.2, 0.25) is 0 Å². The number of aliphatic hydroxyl groups is 6. The predicted octanol–water partition coefficient (Wildman–Crippen LogP) is 19.3. The van der Waals surface area contributed by atoms with Gasteiger partial charge in [0, 0.05) is 172 Å². The van der Waals surface area contributed by atoms with Gasteiger partial charge in [0.15, 0.2) is 69.0 Å². The minimum atomic E-state index is -3.85. The lowest BCUT2D eigenvalue weighted by Crippen LogP contribution is -2.48. The van der Waals surface area contributed by atoms with Crippen molar-refractivity contribution < 1.29 is 178 Å². The monoisotopic (exact) mass is 2020 g/mol. The van der Waals surface area contributed by atoms with Crippen LogP contribution >= 0.6 is 0 Å². The molecule has 0 radical (unpaired) electrons. The van der Waals surface area contributed by atoms with E-state index in [1.54, 1.807) is 14.7 Å². The van der Waals surface area contributed by atoms with E-state index < -0.39 is 292 Å². The predicted molar refractivity (Wildman–Crippen MR) is 561 cm³/mol. The molecule has 0 aliphatic carbocycles. The van der Waals surface area contributed by atoms with E-state index in [-0.39, 0.29) is 270 Å². The van der Waals surface area contributed by atoms with Gasteiger partial charge in [0.25, 0.3) is 0 Å². The molecule has 0 spiro atoms. The van der Waals surface area contributed by atoms with Crippen molar-refractivity contribution in [3.63, 3.8) is 0 Å². The molecule has 18 atom stereocenters. The highest BCUT2D eigenvalue weighted by atomic mass is 16.5. The molecule has 24 heteroatoms. The maximum absolute atomic E-state index is 11.4. The van der Waals surface area contributed by atoms with Gasteiger partial charge >= 0.3 is 0 Å². The number of nitrogens with zero attached hydrogens (tertiary/aromatic N) is 6. The van der Waals surface area contributed by atoms with Crippen molar-refractivity contribution in [1.29, 1.82) is 0 Å². The second kappa shape index (κ2) is 48.4. The molecular formula is C117H180N6O18. The topological polar surface area (TPSA) is 252 Å². The molecule has 12 heterocycles. The van der Waals surface area contributed by atoms with Gasteiger partial charge in [-0.05, 0) is 324 Å². The summed E-state index contributed by atoms with van der Waals surface area (Å²) in [5.74, 6) is -17.6. The van der Waals surface area contributed by atoms with Crippen molar-refractivity contribution in [3.05, 3.63) is 139 Å². The normalized spacial score (nSPS) is 43.7. The highest BCUT2D eigenvalue weighted by Gasteiger charge is 2.47. The number of ether oxygens (including phenoxy) is 12. The van der Waals surface area contributed by atoms with Crippen molar-refractivity contribution in [2.45, 2.75) is 291 Å². The molecule has 12 aliphatic heterocycles. The largest absolute Gasteiger partial charge is 0.493 e. The van der Waals surface area contributed by atoms with Crippen LogP contribution in [0.4, 0.5) is 0 Å². The molecular weight excluding hydrogens is 1780 g/mol. The van der Waals surface area contributed by atoms with Gasteiger partial charge in [-0.25, -0.2) is 0 Å². The molecule has 6 aromatic rings. The van der Waals surface area contributed by atoms with Crippen molar-refractivity contribution in [1.82, 2.24) is 29.4 Å². The molecule has 12 aliphatic rings. The molecule has 18 rings (SSSR count). The number of fused-ring (bicyclic) bond motifs is 18. The van der Waals surface area contributed by atoms with E-state index in [1.807, 2.05) is 41.5 Å². The SMILES string of the molecule is [2H]c1c2c(c([2H])c(OC([2H])([2H])[2H])c1OC)C1N(CC2)CC([2H])(C([2H])([2H])C(C)(C([2H])([2H])[2H])C([2H])([2H])[2H])C([2H])(O)C1([2H])[2H].[2H]c1c2c(c([2H])c(OC([2H])([2H])[2H])c1OC)C1N(CC2)CC([2H])(CC(C)C)C([2H])(O)C1([2H])[2H].[2H]c1c2c(c([2H])c(OC)c1OC)C1N(CC2)CC([2H])(C([2H])([2H])C(C)(C([2H])([2H])[2H])C([2H])([2H])[2H])C([2H])(O)C1([2H])[2H].[2H]c1c2c(c([2H])c(OC)c1OC)C1N(CC2)CC([2H])(C([2H])([2H])C(C)(C([2H])([2H])[2H])C([2H])([2H])[2H])C([2H])(O)C1([2H])[2H].[2H]c1c2c(c([2H])c(OC)c1OC)C1N(CC2)CC([2H])(CC(C)C)C([2H])(O)C1([2H])[2H].[2H]c1c2c(c([2H])c(OC)c1OC)C1N(CC2)CC([2H])(CC(C)C)C([2H])(O)C1([2H])[2H]. The third kappa shape index (κ3) is 26.9. The highest BCUT2D eigenvalue weighted by molar-refractivity contribution is 5.55. The molecule has 6 fully saturated rings. The summed E-state index contributed by atoms with van der Waals surface area (Å²) >= 11 is 0. The average Bonchev–Trinajstić information content (AvgIpc) is 0.666. The standard InChI is InChI=1S/3C20H31NO3.3C19H29NO3/c3*1-20(2,3)11-14-12-21-7-6-13-8-18(23-4)19(24-5)9-15(13)16(21)10-17(14)22;3*1-12(2)7-14-11-20-6-5-13-8-18(22-3)19(23-4)9-15(13)16(20)10-17(14)21/h3*8-9,14,16-17,22H,6-7,10-12H2,1-5H3;3*8-9,12,14,16-17,21H,5-7,10-11H2,1-4H3/i1D3,2D3,5D3,8D,9D,10D2,11D2,14D,17D;2*1D3,2D3,8D,9D,10D2,11D2,14D,17D;4D3,8D,9D,10D2,14D,17D;2*8D,9D,10D2,14D,17D. The summed E-state index contributed by atoms with van der Waals surface area (Å²) < 4.78 is 615. The van der Waals surface area contributed by atoms with Gasteiger partial charge in [-0.2, -0.15) is 0 Å². The van der Waals surface area contributed by atoms with E-state index in [0.29, 0.717) is 57.8 Å². The summed E-state index contributed by atoms with van der Waals surface area (Å²) in [4.78, 5) is 8.55. The second-order valence-electron chi connectivity index (χ2n) is 37.5. The van der Waals surface area contributed by atoms with E-state index in [9.17, 15) is 30.6 Å². The van der Waals surface area contributed by atoms with Crippen LogP contribution in [-0.2, 0) is 38.5 Å². The van der Waals surface area contributed by atoms with Gasteiger partial charge in [-0.3, -0.25) is 29.4 Å². The van der Waals surface area contributed by atoms with E-state index >= 15 is 0 Å². The van der Waals surface area contributed by atoms with Crippen LogP contribution in [0.3, 0.4) is 0 Å². The molecule has 0 bridgehead atoms. The first-order chi connectivity index (χ1) is 93.1. The Bertz CT molecular complexity index is 8060. The Morgan fingerprint density at radius 2 is 0.440 bits per heavy atom. The quantitative estimate of drug-likeness (QED) is 0.0392. The van der Waals surface area contributed by atoms with Crippen LogP contribution in [0.15, 0.2) is 72.5 Å². The fraction of sp³-hybridized carbons (Fsp3) is 0.692. The van der Waals surface area contributed by atoms with Crippen molar-refractivity contribution in [3.8, 4) is 69.0 Å².